The van der Waals surface area contributed by atoms with Gasteiger partial charge in [-0.15, -0.1) is 23.1 Å². The van der Waals surface area contributed by atoms with Gasteiger partial charge in [-0.1, -0.05) is 163 Å². The summed E-state index contributed by atoms with van der Waals surface area (Å²) < 4.78 is 15.9. The Morgan fingerprint density at radius 1 is 0.485 bits per heavy atom. The van der Waals surface area contributed by atoms with Gasteiger partial charge in [0.1, 0.15) is 83.8 Å². The molecule has 0 unspecified atom stereocenters. The van der Waals surface area contributed by atoms with E-state index in [9.17, 15) is 58.5 Å². The summed E-state index contributed by atoms with van der Waals surface area (Å²) in [5, 5.41) is 57.2. The highest BCUT2D eigenvalue weighted by Crippen LogP contribution is 2.28. The van der Waals surface area contributed by atoms with Crippen LogP contribution in [-0.2, 0) is 115 Å². The van der Waals surface area contributed by atoms with Gasteiger partial charge in [0.2, 0.25) is 88.6 Å². The molecule has 1 aliphatic rings. The first-order valence-electron chi connectivity index (χ1n) is 42.7. The summed E-state index contributed by atoms with van der Waals surface area (Å²) in [6.07, 6.45) is -1.94. The largest absolute Gasteiger partial charge is 0.508 e. The minimum Gasteiger partial charge on any atom is -0.508 e. The fourth-order valence-corrected chi connectivity index (χ4v) is 16.7. The van der Waals surface area contributed by atoms with Gasteiger partial charge in [-0.05, 0) is 111 Å². The number of aliphatic carboxylic acids is 1. The lowest BCUT2D eigenvalue weighted by Gasteiger charge is -2.37. The van der Waals surface area contributed by atoms with E-state index in [1.165, 1.54) is 107 Å². The normalized spacial score (nSPS) is 21.8. The Hall–Kier alpha value is -13.3. The number of nitrogens with one attached hydrogen (secondary N) is 9. The molecule has 1 fully saturated rings. The number of rotatable bonds is 23. The molecule has 130 heavy (non-hydrogen) atoms. The number of nitrogens with zero attached hydrogens (tertiary/aromatic N) is 5. The fourth-order valence-electron chi connectivity index (χ4n) is 14.9. The third-order valence-corrected chi connectivity index (χ3v) is 24.0. The molecule has 1 aliphatic heterocycles. The van der Waals surface area contributed by atoms with Crippen molar-refractivity contribution in [2.24, 2.45) is 17.6 Å². The van der Waals surface area contributed by atoms with E-state index in [1.54, 1.807) is 106 Å². The first kappa shape index (κ1) is 102. The van der Waals surface area contributed by atoms with Crippen LogP contribution in [0.25, 0.3) is 10.1 Å². The second-order valence-corrected chi connectivity index (χ2v) is 35.0. The number of hydrogen-bond acceptors (Lipinski definition) is 20. The second kappa shape index (κ2) is 49.3. The van der Waals surface area contributed by atoms with E-state index < -0.39 is 210 Å². The molecule has 0 radical (unpaired) electrons. The fraction of sp³-hybridized carbons (Fsp3) is 0.419. The van der Waals surface area contributed by atoms with Crippen LogP contribution in [0.15, 0.2) is 163 Å². The van der Waals surface area contributed by atoms with Gasteiger partial charge in [0.25, 0.3) is 0 Å². The van der Waals surface area contributed by atoms with E-state index in [0.717, 1.165) is 53.1 Å². The Bertz CT molecular complexity index is 5150. The number of carboxylic acids is 1. The molecule has 6 aromatic carbocycles. The SMILES string of the molecule is CCCC[C@H]1C(=O)N(C)CC(=O)N[C@@H](CC(=O)O)C(=O)N[C@@H](C(C)C)C(=O)N(C)[C@@H](Cc2ccccc2)C(=O)N[C@@H](Cc2ccc(O)cc2)C(=O)N(C)CC(=O)N[C@@H](Cc2csc3ccccc23)C(=O)N[C@@H](Cc2ccc(O)cc2)C(=O)N[C@@H](CC(C)C)C(=O)N[C@H](C(=O)NCC(N)=O)CSCC(=O)N[C@@H](Cc2cccc(F)c2)C(=O)N(C)[C@@H](Cc2ccccc2)C(=O)N1C. The van der Waals surface area contributed by atoms with Crippen LogP contribution in [0.1, 0.15) is 100 Å². The number of halogens is 1. The van der Waals surface area contributed by atoms with Crippen LogP contribution < -0.4 is 53.6 Å². The summed E-state index contributed by atoms with van der Waals surface area (Å²) >= 11 is 2.12. The zero-order chi connectivity index (χ0) is 95.2. The number of fused-ring (bicyclic) bond motifs is 1. The number of hydrogen-bond donors (Lipinski definition) is 13. The van der Waals surface area contributed by atoms with Crippen LogP contribution in [0.3, 0.4) is 0 Å². The summed E-state index contributed by atoms with van der Waals surface area (Å²) in [6.45, 7) is 6.05. The summed E-state index contributed by atoms with van der Waals surface area (Å²) in [4.78, 5) is 240. The van der Waals surface area contributed by atoms with Crippen molar-refractivity contribution in [1.82, 2.24) is 72.4 Å². The number of aromatic hydroxyl groups is 2. The van der Waals surface area contributed by atoms with E-state index in [4.69, 9.17) is 5.73 Å². The van der Waals surface area contributed by atoms with Gasteiger partial charge in [-0.25, -0.2) is 4.39 Å². The molecule has 7 aromatic rings. The summed E-state index contributed by atoms with van der Waals surface area (Å²) in [7, 11) is 6.40. The molecule has 2 heterocycles. The Morgan fingerprint density at radius 2 is 0.962 bits per heavy atom. The molecule has 11 atom stereocenters. The van der Waals surface area contributed by atoms with Crippen molar-refractivity contribution in [3.8, 4) is 11.5 Å². The number of carbonyl (C=O) groups excluding carboxylic acids is 15. The second-order valence-electron chi connectivity index (χ2n) is 33.1. The molecule has 34 nitrogen and oxygen atoms in total. The molecule has 1 aromatic heterocycles. The number of carbonyl (C=O) groups is 16. The number of thioether (sulfide) groups is 1. The van der Waals surface area contributed by atoms with Crippen molar-refractivity contribution < 1.29 is 96.4 Å². The van der Waals surface area contributed by atoms with Crippen LogP contribution in [0.2, 0.25) is 0 Å². The van der Waals surface area contributed by atoms with E-state index >= 15 is 38.0 Å². The van der Waals surface area contributed by atoms with E-state index in [-0.39, 0.29) is 74.3 Å². The lowest BCUT2D eigenvalue weighted by molar-refractivity contribution is -0.151. The predicted molar refractivity (Wildman–Crippen MR) is 486 cm³/mol. The smallest absolute Gasteiger partial charge is 0.305 e. The number of phenols is 2. The molecular formula is C93H116FN15O19S2. The number of unbranched alkanes of at least 4 members (excludes halogenated alkanes) is 1. The number of likely N-dealkylation sites (N-methyl/N-ethyl adjacent to an activating group) is 5. The number of thiophene rings is 1. The van der Waals surface area contributed by atoms with Crippen molar-refractivity contribution in [2.45, 2.75) is 172 Å². The third kappa shape index (κ3) is 30.7. The Labute approximate surface area is 761 Å². The lowest BCUT2D eigenvalue weighted by Crippen LogP contribution is -2.61. The van der Waals surface area contributed by atoms with Crippen molar-refractivity contribution >= 4 is 128 Å². The number of amides is 15. The van der Waals surface area contributed by atoms with Gasteiger partial charge in [-0.2, -0.15) is 0 Å². The molecule has 37 heteroatoms. The van der Waals surface area contributed by atoms with Crippen molar-refractivity contribution in [1.29, 1.82) is 0 Å². The van der Waals surface area contributed by atoms with Gasteiger partial charge in [0.15, 0.2) is 0 Å². The zero-order valence-electron chi connectivity index (χ0n) is 74.3. The molecule has 1 saturated heterocycles. The van der Waals surface area contributed by atoms with E-state index in [1.807, 2.05) is 19.1 Å². The van der Waals surface area contributed by atoms with Crippen LogP contribution in [-0.4, -0.2) is 267 Å². The topological polar surface area (TPSA) is 484 Å². The zero-order valence-corrected chi connectivity index (χ0v) is 75.9. The maximum Gasteiger partial charge on any atom is 0.305 e. The van der Waals surface area contributed by atoms with Gasteiger partial charge in [0, 0.05) is 84.2 Å². The average molecular weight is 1830 g/mol. The highest BCUT2D eigenvalue weighted by atomic mass is 32.2. The average Bonchev–Trinajstić information content (AvgIpc) is 1.69. The number of carboxylic acid groups (broad SMARTS) is 1. The maximum atomic E-state index is 15.5. The van der Waals surface area contributed by atoms with Gasteiger partial charge < -0.3 is 93.4 Å². The van der Waals surface area contributed by atoms with Crippen LogP contribution >= 0.6 is 23.1 Å². The first-order chi connectivity index (χ1) is 61.8. The van der Waals surface area contributed by atoms with Crippen molar-refractivity contribution in [3.05, 3.63) is 202 Å². The monoisotopic (exact) mass is 1830 g/mol. The molecule has 696 valence electrons. The van der Waals surface area contributed by atoms with E-state index in [2.05, 4.69) is 47.9 Å². The van der Waals surface area contributed by atoms with Gasteiger partial charge in [-0.3, -0.25) is 76.7 Å². The summed E-state index contributed by atoms with van der Waals surface area (Å²) in [6, 6.07) is 23.3. The number of nitrogens with two attached hydrogens (primary N) is 1. The maximum absolute atomic E-state index is 15.5. The molecule has 0 spiro atoms. The number of benzene rings is 6. The molecular weight excluding hydrogens is 1710 g/mol. The highest BCUT2D eigenvalue weighted by Gasteiger charge is 2.42. The van der Waals surface area contributed by atoms with E-state index in [0.29, 0.717) is 46.0 Å². The molecule has 0 aliphatic carbocycles. The summed E-state index contributed by atoms with van der Waals surface area (Å²) in [5.74, 6) is -18.7. The highest BCUT2D eigenvalue weighted by molar-refractivity contribution is 8.00. The summed E-state index contributed by atoms with van der Waals surface area (Å²) in [5.41, 5.74) is 8.09. The van der Waals surface area contributed by atoms with Crippen LogP contribution in [0.4, 0.5) is 4.39 Å². The molecule has 15 amide bonds. The Morgan fingerprint density at radius 3 is 1.53 bits per heavy atom. The van der Waals surface area contributed by atoms with Gasteiger partial charge >= 0.3 is 5.97 Å². The molecule has 0 bridgehead atoms. The van der Waals surface area contributed by atoms with Gasteiger partial charge in [0.05, 0.1) is 31.8 Å². The first-order valence-corrected chi connectivity index (χ1v) is 44.7. The quantitative estimate of drug-likeness (QED) is 0.0437. The van der Waals surface area contributed by atoms with Crippen LogP contribution in [0.5, 0.6) is 11.5 Å². The molecule has 8 rings (SSSR count). The minimum atomic E-state index is -1.92. The minimum absolute atomic E-state index is 0.00533. The number of phenolic OH excluding ortho intramolecular Hbond substituents is 2. The van der Waals surface area contributed by atoms with Crippen molar-refractivity contribution in [2.75, 3.05) is 66.4 Å². The number of primary amides is 1. The molecule has 0 saturated carbocycles. The third-order valence-electron chi connectivity index (χ3n) is 22.0. The Balaban J connectivity index is 1.22. The Kier molecular flexibility index (Phi) is 38.7. The molecule has 14 N–H and O–H groups in total. The van der Waals surface area contributed by atoms with Crippen LogP contribution in [0, 0.1) is 17.7 Å². The lowest BCUT2D eigenvalue weighted by atomic mass is 9.98. The predicted octanol–water partition coefficient (Wildman–Crippen LogP) is 3.20. The standard InChI is InChI=1S/C93H116FN15O19S2/c1-11-12-29-73-91(126)106(7)50-79(114)98-69(47-81(116)117)87(122)104-82(55(4)5)93(128)108(9)74(44-56-22-15-13-16-23-56)88(123)102-70(42-59-33-37-64(111)38-34-59)89(124)105(6)49-78(113)97-68(46-61-51-130-76-30-20-19-28-65(61)76)86(121)101-67(41-58-31-35-63(110)36-32-58)85(120)100-66(39-54(2)3)84(119)103-72(83(118)96-48-77(95)112)52-129-53-80(115)99-71(43-60-26-21-27-62(94)40-60)90(125)109(10)75(92(127)107(73)8)45-57-24-17-14-18-25-57/h13-28,30-38,40,51,54-55,66-75,82,110-111H,11-12,29,39,41-50,52-53H2,1-10H3,(H2,95,112)(H,96,118)(H,97,113)(H,98,114)(H,99,115)(H,100,120)(H,101,121)(H,102,123)(H,103,119)(H,104,122)(H,116,117)/t66-,67-,68-,69-,70-,71-,72-,73-,74-,75-,82-/m0/s1. The van der Waals surface area contributed by atoms with Crippen molar-refractivity contribution in [3.63, 3.8) is 0 Å².